The molecule has 27 heavy (non-hydrogen) atoms. The van der Waals surface area contributed by atoms with E-state index in [0.717, 1.165) is 21.9 Å². The van der Waals surface area contributed by atoms with Crippen LogP contribution >= 0.6 is 0 Å². The largest absolute Gasteiger partial charge is 0.491 e. The number of hydrogen-bond donors (Lipinski definition) is 1. The first-order chi connectivity index (χ1) is 13.1. The fourth-order valence-electron chi connectivity index (χ4n) is 3.10. The molecular formula is C23H21NO3. The van der Waals surface area contributed by atoms with Crippen molar-refractivity contribution in [2.75, 3.05) is 6.61 Å². The van der Waals surface area contributed by atoms with Crippen LogP contribution < -0.4 is 10.1 Å². The smallest absolute Gasteiger partial charge is 0.287 e. The van der Waals surface area contributed by atoms with E-state index in [-0.39, 0.29) is 11.9 Å². The van der Waals surface area contributed by atoms with Gasteiger partial charge in [-0.1, -0.05) is 48.0 Å². The maximum Gasteiger partial charge on any atom is 0.287 e. The Morgan fingerprint density at radius 1 is 1.04 bits per heavy atom. The number of hydrogen-bond acceptors (Lipinski definition) is 3. The summed E-state index contributed by atoms with van der Waals surface area (Å²) >= 11 is 0. The zero-order valence-electron chi connectivity index (χ0n) is 15.4. The predicted molar refractivity (Wildman–Crippen MR) is 107 cm³/mol. The van der Waals surface area contributed by atoms with E-state index in [9.17, 15) is 4.79 Å². The van der Waals surface area contributed by atoms with Gasteiger partial charge in [-0.05, 0) is 48.9 Å². The van der Waals surface area contributed by atoms with E-state index < -0.39 is 0 Å². The highest BCUT2D eigenvalue weighted by molar-refractivity contribution is 6.08. The summed E-state index contributed by atoms with van der Waals surface area (Å²) in [7, 11) is 0. The summed E-state index contributed by atoms with van der Waals surface area (Å²) in [5.41, 5.74) is 1.89. The molecule has 0 unspecified atom stereocenters. The maximum absolute atomic E-state index is 12.6. The number of fused-ring (bicyclic) bond motifs is 3. The van der Waals surface area contributed by atoms with Gasteiger partial charge in [0, 0.05) is 5.39 Å². The van der Waals surface area contributed by atoms with Crippen molar-refractivity contribution in [3.05, 3.63) is 78.1 Å². The number of aryl methyl sites for hydroxylation is 1. The molecule has 1 heterocycles. The molecule has 0 fully saturated rings. The summed E-state index contributed by atoms with van der Waals surface area (Å²) in [6, 6.07) is 21.5. The van der Waals surface area contributed by atoms with Crippen LogP contribution in [0.2, 0.25) is 0 Å². The van der Waals surface area contributed by atoms with Crippen LogP contribution in [-0.4, -0.2) is 18.6 Å². The highest BCUT2D eigenvalue weighted by Gasteiger charge is 2.16. The van der Waals surface area contributed by atoms with Crippen LogP contribution in [0.1, 0.15) is 23.0 Å². The quantitative estimate of drug-likeness (QED) is 0.540. The van der Waals surface area contributed by atoms with Crippen molar-refractivity contribution in [1.29, 1.82) is 0 Å². The minimum Gasteiger partial charge on any atom is -0.491 e. The zero-order chi connectivity index (χ0) is 18.8. The minimum atomic E-state index is -0.240. The molecule has 0 saturated carbocycles. The van der Waals surface area contributed by atoms with E-state index >= 15 is 0 Å². The molecule has 0 radical (unpaired) electrons. The van der Waals surface area contributed by atoms with E-state index in [4.69, 9.17) is 9.15 Å². The number of carbonyl (C=O) groups is 1. The van der Waals surface area contributed by atoms with Crippen molar-refractivity contribution in [3.8, 4) is 5.75 Å². The maximum atomic E-state index is 12.6. The molecule has 136 valence electrons. The van der Waals surface area contributed by atoms with Crippen molar-refractivity contribution in [3.63, 3.8) is 0 Å². The van der Waals surface area contributed by atoms with Crippen molar-refractivity contribution >= 4 is 27.6 Å². The average molecular weight is 359 g/mol. The first-order valence-corrected chi connectivity index (χ1v) is 9.02. The molecule has 1 amide bonds. The third-order valence-electron chi connectivity index (χ3n) is 4.55. The van der Waals surface area contributed by atoms with Gasteiger partial charge in [0.25, 0.3) is 5.91 Å². The summed E-state index contributed by atoms with van der Waals surface area (Å²) < 4.78 is 11.5. The Balaban J connectivity index is 1.46. The molecule has 0 bridgehead atoms. The van der Waals surface area contributed by atoms with Gasteiger partial charge in [0.2, 0.25) is 0 Å². The molecule has 0 aliphatic rings. The van der Waals surface area contributed by atoms with Crippen molar-refractivity contribution in [1.82, 2.24) is 5.32 Å². The Bertz CT molecular complexity index is 1100. The Labute approximate surface area is 157 Å². The Morgan fingerprint density at radius 2 is 1.81 bits per heavy atom. The van der Waals surface area contributed by atoms with Crippen molar-refractivity contribution < 1.29 is 13.9 Å². The summed E-state index contributed by atoms with van der Waals surface area (Å²) in [4.78, 5) is 12.6. The summed E-state index contributed by atoms with van der Waals surface area (Å²) in [6.45, 7) is 4.32. The lowest BCUT2D eigenvalue weighted by atomic mass is 10.1. The fraction of sp³-hybridized carbons (Fsp3) is 0.174. The lowest BCUT2D eigenvalue weighted by Crippen LogP contribution is -2.36. The Kier molecular flexibility index (Phi) is 4.55. The average Bonchev–Trinajstić information content (AvgIpc) is 3.12. The Morgan fingerprint density at radius 3 is 2.63 bits per heavy atom. The van der Waals surface area contributed by atoms with Crippen LogP contribution in [0.5, 0.6) is 5.75 Å². The monoisotopic (exact) mass is 359 g/mol. The molecule has 0 saturated heterocycles. The Hall–Kier alpha value is -3.27. The van der Waals surface area contributed by atoms with Gasteiger partial charge in [-0.2, -0.15) is 0 Å². The predicted octanol–water partition coefficient (Wildman–Crippen LogP) is 5.09. The standard InChI is InChI=1S/C23H21NO3/c1-15-7-10-18(11-8-15)26-14-16(2)24-23(25)22-13-20-19-6-4-3-5-17(19)9-12-21(20)27-22/h3-13,16H,14H2,1-2H3,(H,24,25)/t16-/m1/s1. The zero-order valence-corrected chi connectivity index (χ0v) is 15.4. The normalized spacial score (nSPS) is 12.2. The molecule has 4 heteroatoms. The van der Waals surface area contributed by atoms with Gasteiger partial charge >= 0.3 is 0 Å². The number of rotatable bonds is 5. The minimum absolute atomic E-state index is 0.149. The lowest BCUT2D eigenvalue weighted by molar-refractivity contribution is 0.0901. The van der Waals surface area contributed by atoms with Gasteiger partial charge < -0.3 is 14.5 Å². The van der Waals surface area contributed by atoms with Crippen molar-refractivity contribution in [2.24, 2.45) is 0 Å². The fourth-order valence-corrected chi connectivity index (χ4v) is 3.10. The molecule has 4 nitrogen and oxygen atoms in total. The number of carbonyl (C=O) groups excluding carboxylic acids is 1. The lowest BCUT2D eigenvalue weighted by Gasteiger charge is -2.14. The molecule has 4 rings (SSSR count). The van der Waals surface area contributed by atoms with Gasteiger partial charge in [0.15, 0.2) is 5.76 Å². The number of nitrogens with one attached hydrogen (secondary N) is 1. The topological polar surface area (TPSA) is 51.5 Å². The van der Waals surface area contributed by atoms with Crippen LogP contribution in [0, 0.1) is 6.92 Å². The molecule has 0 aliphatic carbocycles. The van der Waals surface area contributed by atoms with Crippen LogP contribution in [0.15, 0.2) is 71.1 Å². The number of amides is 1. The molecule has 4 aromatic rings. The van der Waals surface area contributed by atoms with E-state index in [2.05, 4.69) is 5.32 Å². The summed E-state index contributed by atoms with van der Waals surface area (Å²) in [5.74, 6) is 0.857. The third kappa shape index (κ3) is 3.65. The summed E-state index contributed by atoms with van der Waals surface area (Å²) in [6.07, 6.45) is 0. The second-order valence-electron chi connectivity index (χ2n) is 6.81. The van der Waals surface area contributed by atoms with Crippen LogP contribution in [0.3, 0.4) is 0 Å². The van der Waals surface area contributed by atoms with Crippen molar-refractivity contribution in [2.45, 2.75) is 19.9 Å². The van der Waals surface area contributed by atoms with Gasteiger partial charge in [0.05, 0.1) is 6.04 Å². The van der Waals surface area contributed by atoms with Gasteiger partial charge in [0.1, 0.15) is 17.9 Å². The number of furan rings is 1. The molecule has 0 aliphatic heterocycles. The third-order valence-corrected chi connectivity index (χ3v) is 4.55. The first-order valence-electron chi connectivity index (χ1n) is 9.02. The van der Waals surface area contributed by atoms with E-state index in [1.54, 1.807) is 6.07 Å². The van der Waals surface area contributed by atoms with Gasteiger partial charge in [-0.15, -0.1) is 0 Å². The summed E-state index contributed by atoms with van der Waals surface area (Å²) in [5, 5.41) is 6.08. The second-order valence-corrected chi connectivity index (χ2v) is 6.81. The van der Waals surface area contributed by atoms with E-state index in [0.29, 0.717) is 18.0 Å². The highest BCUT2D eigenvalue weighted by atomic mass is 16.5. The molecule has 1 aromatic heterocycles. The van der Waals surface area contributed by atoms with Crippen LogP contribution in [0.4, 0.5) is 0 Å². The SMILES string of the molecule is Cc1ccc(OC[C@@H](C)NC(=O)c2cc3c(ccc4ccccc43)o2)cc1. The first kappa shape index (κ1) is 17.2. The van der Waals surface area contributed by atoms with E-state index in [1.165, 1.54) is 5.56 Å². The molecular weight excluding hydrogens is 338 g/mol. The second kappa shape index (κ2) is 7.16. The van der Waals surface area contributed by atoms with Crippen LogP contribution in [0.25, 0.3) is 21.7 Å². The molecule has 1 N–H and O–H groups in total. The molecule has 1 atom stereocenters. The van der Waals surface area contributed by atoms with E-state index in [1.807, 2.05) is 74.5 Å². The number of ether oxygens (including phenoxy) is 1. The number of benzene rings is 3. The highest BCUT2D eigenvalue weighted by Crippen LogP contribution is 2.28. The van der Waals surface area contributed by atoms with Gasteiger partial charge in [-0.3, -0.25) is 4.79 Å². The van der Waals surface area contributed by atoms with Gasteiger partial charge in [-0.25, -0.2) is 0 Å². The molecule has 3 aromatic carbocycles. The van der Waals surface area contributed by atoms with Crippen LogP contribution in [-0.2, 0) is 0 Å². The molecule has 0 spiro atoms.